The van der Waals surface area contributed by atoms with Crippen molar-refractivity contribution in [1.29, 1.82) is 0 Å². The molecule has 0 aromatic rings. The average molecular weight is 299 g/mol. The first kappa shape index (κ1) is 15.1. The van der Waals surface area contributed by atoms with Crippen LogP contribution in [0.2, 0.25) is 0 Å². The van der Waals surface area contributed by atoms with Gasteiger partial charge in [-0.1, -0.05) is 6.42 Å². The molecule has 0 bridgehead atoms. The van der Waals surface area contributed by atoms with Gasteiger partial charge in [0.05, 0.1) is 11.7 Å². The third kappa shape index (κ3) is 3.34. The number of piperidine rings is 1. The van der Waals surface area contributed by atoms with Gasteiger partial charge in [0, 0.05) is 24.4 Å². The molecule has 0 aromatic carbocycles. The SMILES string of the molecule is CC(O)CC1CCCCN1C1CCOC2(CCSC2)C1. The van der Waals surface area contributed by atoms with Crippen molar-refractivity contribution in [3.05, 3.63) is 0 Å². The lowest BCUT2D eigenvalue weighted by Gasteiger charge is -2.47. The van der Waals surface area contributed by atoms with Gasteiger partial charge >= 0.3 is 0 Å². The Hall–Kier alpha value is 0.230. The minimum atomic E-state index is -0.170. The van der Waals surface area contributed by atoms with Crippen LogP contribution >= 0.6 is 11.8 Å². The fraction of sp³-hybridized carbons (Fsp3) is 1.00. The first-order chi connectivity index (χ1) is 9.69. The van der Waals surface area contributed by atoms with Crippen molar-refractivity contribution in [3.63, 3.8) is 0 Å². The summed E-state index contributed by atoms with van der Waals surface area (Å²) >= 11 is 2.06. The lowest BCUT2D eigenvalue weighted by Crippen LogP contribution is -2.54. The van der Waals surface area contributed by atoms with Gasteiger partial charge in [0.25, 0.3) is 0 Å². The van der Waals surface area contributed by atoms with E-state index in [1.165, 1.54) is 56.6 Å². The van der Waals surface area contributed by atoms with Crippen LogP contribution in [0.4, 0.5) is 0 Å². The Kier molecular flexibility index (Phi) is 4.96. The summed E-state index contributed by atoms with van der Waals surface area (Å²) in [7, 11) is 0. The number of aliphatic hydroxyl groups is 1. The molecule has 4 atom stereocenters. The van der Waals surface area contributed by atoms with Crippen molar-refractivity contribution in [1.82, 2.24) is 4.90 Å². The highest BCUT2D eigenvalue weighted by Crippen LogP contribution is 2.40. The third-order valence-electron chi connectivity index (χ3n) is 5.29. The van der Waals surface area contributed by atoms with Gasteiger partial charge in [-0.25, -0.2) is 0 Å². The van der Waals surface area contributed by atoms with Gasteiger partial charge in [-0.05, 0) is 57.7 Å². The van der Waals surface area contributed by atoms with E-state index in [1.807, 2.05) is 6.92 Å². The minimum absolute atomic E-state index is 0.170. The lowest BCUT2D eigenvalue weighted by atomic mass is 9.86. The summed E-state index contributed by atoms with van der Waals surface area (Å²) in [4.78, 5) is 2.73. The van der Waals surface area contributed by atoms with E-state index < -0.39 is 0 Å². The lowest BCUT2D eigenvalue weighted by molar-refractivity contribution is -0.101. The van der Waals surface area contributed by atoms with Crippen LogP contribution in [-0.2, 0) is 4.74 Å². The van der Waals surface area contributed by atoms with E-state index in [4.69, 9.17) is 4.74 Å². The zero-order valence-corrected chi connectivity index (χ0v) is 13.5. The van der Waals surface area contributed by atoms with Crippen molar-refractivity contribution >= 4 is 11.8 Å². The number of ether oxygens (including phenoxy) is 1. The number of thioether (sulfide) groups is 1. The van der Waals surface area contributed by atoms with E-state index in [0.717, 1.165) is 13.0 Å². The van der Waals surface area contributed by atoms with Gasteiger partial charge in [0.2, 0.25) is 0 Å². The summed E-state index contributed by atoms with van der Waals surface area (Å²) < 4.78 is 6.17. The molecule has 0 aromatic heterocycles. The van der Waals surface area contributed by atoms with E-state index in [1.54, 1.807) is 0 Å². The first-order valence-corrected chi connectivity index (χ1v) is 9.49. The topological polar surface area (TPSA) is 32.7 Å². The van der Waals surface area contributed by atoms with Crippen LogP contribution in [0.5, 0.6) is 0 Å². The molecule has 3 fully saturated rings. The molecule has 3 rings (SSSR count). The van der Waals surface area contributed by atoms with Crippen LogP contribution in [0.15, 0.2) is 0 Å². The number of nitrogens with zero attached hydrogens (tertiary/aromatic N) is 1. The number of hydrogen-bond acceptors (Lipinski definition) is 4. The maximum atomic E-state index is 9.77. The van der Waals surface area contributed by atoms with E-state index in [9.17, 15) is 5.11 Å². The zero-order chi connectivity index (χ0) is 14.0. The third-order valence-corrected chi connectivity index (χ3v) is 6.51. The maximum absolute atomic E-state index is 9.77. The molecule has 4 unspecified atom stereocenters. The molecule has 0 radical (unpaired) electrons. The Bertz CT molecular complexity index is 318. The normalized spacial score (nSPS) is 41.1. The molecule has 0 saturated carbocycles. The fourth-order valence-electron chi connectivity index (χ4n) is 4.30. The molecule has 1 N–H and O–H groups in total. The van der Waals surface area contributed by atoms with Crippen LogP contribution in [0, 0.1) is 0 Å². The van der Waals surface area contributed by atoms with Crippen molar-refractivity contribution in [3.8, 4) is 0 Å². The van der Waals surface area contributed by atoms with Crippen LogP contribution in [-0.4, -0.2) is 58.5 Å². The Balaban J connectivity index is 1.66. The summed E-state index contributed by atoms with van der Waals surface area (Å²) in [5.74, 6) is 2.46. The molecular weight excluding hydrogens is 270 g/mol. The average Bonchev–Trinajstić information content (AvgIpc) is 2.87. The molecule has 3 aliphatic heterocycles. The summed E-state index contributed by atoms with van der Waals surface area (Å²) in [6, 6.07) is 1.28. The smallest absolute Gasteiger partial charge is 0.0795 e. The van der Waals surface area contributed by atoms with E-state index in [0.29, 0.717) is 12.1 Å². The van der Waals surface area contributed by atoms with Crippen molar-refractivity contribution in [2.45, 2.75) is 75.7 Å². The van der Waals surface area contributed by atoms with E-state index in [2.05, 4.69) is 16.7 Å². The minimum Gasteiger partial charge on any atom is -0.393 e. The zero-order valence-electron chi connectivity index (χ0n) is 12.7. The second-order valence-corrected chi connectivity index (χ2v) is 8.06. The second kappa shape index (κ2) is 6.55. The monoisotopic (exact) mass is 299 g/mol. The highest BCUT2D eigenvalue weighted by atomic mass is 32.2. The van der Waals surface area contributed by atoms with Crippen LogP contribution in [0.3, 0.4) is 0 Å². The fourth-order valence-corrected chi connectivity index (χ4v) is 5.68. The van der Waals surface area contributed by atoms with Crippen LogP contribution in [0.1, 0.15) is 51.9 Å². The molecule has 3 saturated heterocycles. The molecule has 20 heavy (non-hydrogen) atoms. The summed E-state index contributed by atoms with van der Waals surface area (Å²) in [6.45, 7) is 4.10. The molecule has 4 heteroatoms. The largest absolute Gasteiger partial charge is 0.393 e. The Morgan fingerprint density at radius 3 is 3.05 bits per heavy atom. The van der Waals surface area contributed by atoms with Gasteiger partial charge < -0.3 is 9.84 Å². The first-order valence-electron chi connectivity index (χ1n) is 8.34. The number of likely N-dealkylation sites (tertiary alicyclic amines) is 1. The molecule has 3 nitrogen and oxygen atoms in total. The van der Waals surface area contributed by atoms with Crippen molar-refractivity contribution in [2.24, 2.45) is 0 Å². The van der Waals surface area contributed by atoms with Gasteiger partial charge in [0.15, 0.2) is 0 Å². The molecule has 1 spiro atoms. The van der Waals surface area contributed by atoms with Gasteiger partial charge in [-0.3, -0.25) is 4.90 Å². The molecule has 0 amide bonds. The van der Waals surface area contributed by atoms with Gasteiger partial charge in [0.1, 0.15) is 0 Å². The maximum Gasteiger partial charge on any atom is 0.0795 e. The highest BCUT2D eigenvalue weighted by molar-refractivity contribution is 7.99. The van der Waals surface area contributed by atoms with Crippen molar-refractivity contribution < 1.29 is 9.84 Å². The van der Waals surface area contributed by atoms with Gasteiger partial charge in [-0.15, -0.1) is 0 Å². The number of aliphatic hydroxyl groups excluding tert-OH is 1. The number of hydrogen-bond donors (Lipinski definition) is 1. The summed E-state index contributed by atoms with van der Waals surface area (Å²) in [6.07, 6.45) is 8.34. The number of rotatable bonds is 3. The Morgan fingerprint density at radius 1 is 1.40 bits per heavy atom. The predicted octanol–water partition coefficient (Wildman–Crippen LogP) is 2.67. The van der Waals surface area contributed by atoms with Crippen LogP contribution in [0.25, 0.3) is 0 Å². The standard InChI is InChI=1S/C16H29NO2S/c1-13(18)10-14-4-2-3-7-17(14)15-5-8-19-16(11-15)6-9-20-12-16/h13-15,18H,2-12H2,1H3. The molecule has 116 valence electrons. The molecule has 3 aliphatic rings. The van der Waals surface area contributed by atoms with Gasteiger partial charge in [-0.2, -0.15) is 11.8 Å². The molecule has 3 heterocycles. The summed E-state index contributed by atoms with van der Waals surface area (Å²) in [5.41, 5.74) is 0.181. The second-order valence-electron chi connectivity index (χ2n) is 6.95. The predicted molar refractivity (Wildman–Crippen MR) is 84.3 cm³/mol. The van der Waals surface area contributed by atoms with Crippen LogP contribution < -0.4 is 0 Å². The molecular formula is C16H29NO2S. The summed E-state index contributed by atoms with van der Waals surface area (Å²) in [5, 5.41) is 9.77. The highest BCUT2D eigenvalue weighted by Gasteiger charge is 2.43. The quantitative estimate of drug-likeness (QED) is 0.868. The Morgan fingerprint density at radius 2 is 2.30 bits per heavy atom. The molecule has 0 aliphatic carbocycles. The Labute approximate surface area is 127 Å². The van der Waals surface area contributed by atoms with E-state index in [-0.39, 0.29) is 11.7 Å². The van der Waals surface area contributed by atoms with Crippen molar-refractivity contribution in [2.75, 3.05) is 24.7 Å². The van der Waals surface area contributed by atoms with E-state index >= 15 is 0 Å².